The Labute approximate surface area is 147 Å². The van der Waals surface area contributed by atoms with Gasteiger partial charge in [0, 0.05) is 44.5 Å². The third-order valence-electron chi connectivity index (χ3n) is 5.08. The number of hydrogen-bond acceptors (Lipinski definition) is 5. The van der Waals surface area contributed by atoms with Gasteiger partial charge in [-0.05, 0) is 36.1 Å². The number of amides is 1. The van der Waals surface area contributed by atoms with Crippen molar-refractivity contribution in [1.82, 2.24) is 14.9 Å². The van der Waals surface area contributed by atoms with Gasteiger partial charge in [-0.25, -0.2) is 9.97 Å². The molecule has 6 nitrogen and oxygen atoms in total. The molecule has 0 spiro atoms. The summed E-state index contributed by atoms with van der Waals surface area (Å²) in [5.74, 6) is 2.37. The molecule has 0 bridgehead atoms. The fraction of sp³-hybridized carbons (Fsp3) is 0.421. The predicted octanol–water partition coefficient (Wildman–Crippen LogP) is 1.94. The van der Waals surface area contributed by atoms with Crippen molar-refractivity contribution < 1.29 is 9.53 Å². The highest BCUT2D eigenvalue weighted by Gasteiger charge is 2.46. The Morgan fingerprint density at radius 3 is 2.40 bits per heavy atom. The van der Waals surface area contributed by atoms with Crippen LogP contribution < -0.4 is 9.64 Å². The summed E-state index contributed by atoms with van der Waals surface area (Å²) < 4.78 is 5.20. The number of anilines is 1. The van der Waals surface area contributed by atoms with Crippen LogP contribution in [0.2, 0.25) is 0 Å². The molecule has 2 atom stereocenters. The number of hydrogen-bond donors (Lipinski definition) is 0. The lowest BCUT2D eigenvalue weighted by Gasteiger charge is -2.34. The first-order chi connectivity index (χ1) is 12.3. The van der Waals surface area contributed by atoms with E-state index in [1.165, 1.54) is 5.56 Å². The quantitative estimate of drug-likeness (QED) is 0.853. The highest BCUT2D eigenvalue weighted by molar-refractivity contribution is 5.83. The van der Waals surface area contributed by atoms with Gasteiger partial charge in [0.2, 0.25) is 11.9 Å². The first-order valence-electron chi connectivity index (χ1n) is 8.71. The van der Waals surface area contributed by atoms with E-state index in [4.69, 9.17) is 4.74 Å². The molecule has 1 saturated heterocycles. The highest BCUT2D eigenvalue weighted by Crippen LogP contribution is 2.48. The monoisotopic (exact) mass is 338 g/mol. The number of carbonyl (C=O) groups is 1. The third-order valence-corrected chi connectivity index (χ3v) is 5.08. The van der Waals surface area contributed by atoms with Gasteiger partial charge in [-0.15, -0.1) is 0 Å². The summed E-state index contributed by atoms with van der Waals surface area (Å²) in [6, 6.07) is 9.89. The number of aromatic nitrogens is 2. The van der Waals surface area contributed by atoms with Crippen molar-refractivity contribution >= 4 is 11.9 Å². The van der Waals surface area contributed by atoms with Crippen LogP contribution in [0, 0.1) is 5.92 Å². The topological polar surface area (TPSA) is 58.6 Å². The predicted molar refractivity (Wildman–Crippen MR) is 94.7 cm³/mol. The molecule has 2 fully saturated rings. The van der Waals surface area contributed by atoms with Crippen LogP contribution >= 0.6 is 0 Å². The van der Waals surface area contributed by atoms with E-state index in [9.17, 15) is 4.79 Å². The summed E-state index contributed by atoms with van der Waals surface area (Å²) in [6.07, 6.45) is 4.46. The van der Waals surface area contributed by atoms with Gasteiger partial charge < -0.3 is 14.5 Å². The van der Waals surface area contributed by atoms with Crippen molar-refractivity contribution in [2.45, 2.75) is 12.3 Å². The molecular formula is C19H22N4O2. The maximum Gasteiger partial charge on any atom is 0.226 e. The molecule has 2 aromatic rings. The van der Waals surface area contributed by atoms with E-state index in [0.717, 1.165) is 44.3 Å². The van der Waals surface area contributed by atoms with E-state index in [2.05, 4.69) is 27.0 Å². The maximum absolute atomic E-state index is 12.8. The normalized spacial score (nSPS) is 22.6. The van der Waals surface area contributed by atoms with Gasteiger partial charge in [0.1, 0.15) is 5.75 Å². The number of piperazine rings is 1. The van der Waals surface area contributed by atoms with Crippen LogP contribution in [0.5, 0.6) is 5.75 Å². The number of carbonyl (C=O) groups excluding carboxylic acids is 1. The lowest BCUT2D eigenvalue weighted by molar-refractivity contribution is -0.133. The van der Waals surface area contributed by atoms with Gasteiger partial charge in [0.05, 0.1) is 7.11 Å². The first kappa shape index (κ1) is 15.9. The van der Waals surface area contributed by atoms with Crippen molar-refractivity contribution in [2.24, 2.45) is 5.92 Å². The zero-order chi connectivity index (χ0) is 17.2. The molecule has 1 aromatic carbocycles. The molecule has 25 heavy (non-hydrogen) atoms. The first-order valence-corrected chi connectivity index (χ1v) is 8.71. The molecule has 2 unspecified atom stereocenters. The standard InChI is InChI=1S/C19H22N4O2/c1-25-15-5-3-14(4-6-15)16-13-17(16)18(24)22-9-11-23(12-10-22)19-20-7-2-8-21-19/h2-8,16-17H,9-13H2,1H3. The van der Waals surface area contributed by atoms with Gasteiger partial charge in [-0.1, -0.05) is 12.1 Å². The number of benzene rings is 1. The van der Waals surface area contributed by atoms with Crippen molar-refractivity contribution in [3.05, 3.63) is 48.3 Å². The molecule has 130 valence electrons. The molecule has 1 aliphatic heterocycles. The summed E-state index contributed by atoms with van der Waals surface area (Å²) >= 11 is 0. The molecular weight excluding hydrogens is 316 g/mol. The van der Waals surface area contributed by atoms with Crippen molar-refractivity contribution in [1.29, 1.82) is 0 Å². The van der Waals surface area contributed by atoms with Crippen LogP contribution in [0.15, 0.2) is 42.7 Å². The van der Waals surface area contributed by atoms with E-state index in [0.29, 0.717) is 5.92 Å². The molecule has 2 heterocycles. The maximum atomic E-state index is 12.8. The summed E-state index contributed by atoms with van der Waals surface area (Å²) in [5, 5.41) is 0. The van der Waals surface area contributed by atoms with Crippen LogP contribution in [0.1, 0.15) is 17.9 Å². The second kappa shape index (κ2) is 6.70. The minimum absolute atomic E-state index is 0.132. The Hall–Kier alpha value is -2.63. The van der Waals surface area contributed by atoms with Crippen molar-refractivity contribution in [3.63, 3.8) is 0 Å². The minimum Gasteiger partial charge on any atom is -0.497 e. The Morgan fingerprint density at radius 1 is 1.08 bits per heavy atom. The fourth-order valence-electron chi connectivity index (χ4n) is 3.50. The van der Waals surface area contributed by atoms with Gasteiger partial charge in [0.15, 0.2) is 0 Å². The van der Waals surface area contributed by atoms with E-state index < -0.39 is 0 Å². The SMILES string of the molecule is COc1ccc(C2CC2C(=O)N2CCN(c3ncccn3)CC2)cc1. The second-order valence-corrected chi connectivity index (χ2v) is 6.58. The Balaban J connectivity index is 1.32. The lowest BCUT2D eigenvalue weighted by Crippen LogP contribution is -2.49. The molecule has 6 heteroatoms. The van der Waals surface area contributed by atoms with Crippen molar-refractivity contribution in [3.8, 4) is 5.75 Å². The fourth-order valence-corrected chi connectivity index (χ4v) is 3.50. The smallest absolute Gasteiger partial charge is 0.226 e. The number of methoxy groups -OCH3 is 1. The van der Waals surface area contributed by atoms with Gasteiger partial charge in [-0.3, -0.25) is 4.79 Å². The summed E-state index contributed by atoms with van der Waals surface area (Å²) in [6.45, 7) is 3.05. The molecule has 1 saturated carbocycles. The van der Waals surface area contributed by atoms with E-state index in [1.54, 1.807) is 19.5 Å². The van der Waals surface area contributed by atoms with E-state index in [1.807, 2.05) is 23.1 Å². The minimum atomic E-state index is 0.132. The van der Waals surface area contributed by atoms with Crippen LogP contribution in [0.25, 0.3) is 0 Å². The Bertz CT molecular complexity index is 727. The molecule has 1 amide bonds. The number of rotatable bonds is 4. The largest absolute Gasteiger partial charge is 0.497 e. The number of nitrogens with zero attached hydrogens (tertiary/aromatic N) is 4. The Morgan fingerprint density at radius 2 is 1.76 bits per heavy atom. The van der Waals surface area contributed by atoms with Gasteiger partial charge in [0.25, 0.3) is 0 Å². The average Bonchev–Trinajstić information content (AvgIpc) is 3.49. The molecule has 0 radical (unpaired) electrons. The van der Waals surface area contributed by atoms with Crippen LogP contribution in [0.4, 0.5) is 5.95 Å². The summed E-state index contributed by atoms with van der Waals surface area (Å²) in [4.78, 5) is 25.5. The van der Waals surface area contributed by atoms with Crippen LogP contribution in [-0.4, -0.2) is 54.1 Å². The summed E-state index contributed by atoms with van der Waals surface area (Å²) in [5.41, 5.74) is 1.23. The van der Waals surface area contributed by atoms with Crippen LogP contribution in [0.3, 0.4) is 0 Å². The number of ether oxygens (including phenoxy) is 1. The molecule has 1 aliphatic carbocycles. The zero-order valence-electron chi connectivity index (χ0n) is 14.3. The third kappa shape index (κ3) is 3.29. The van der Waals surface area contributed by atoms with E-state index >= 15 is 0 Å². The second-order valence-electron chi connectivity index (χ2n) is 6.58. The van der Waals surface area contributed by atoms with Gasteiger partial charge >= 0.3 is 0 Å². The van der Waals surface area contributed by atoms with Gasteiger partial charge in [-0.2, -0.15) is 0 Å². The zero-order valence-corrected chi connectivity index (χ0v) is 14.3. The highest BCUT2D eigenvalue weighted by atomic mass is 16.5. The summed E-state index contributed by atoms with van der Waals surface area (Å²) in [7, 11) is 1.67. The lowest BCUT2D eigenvalue weighted by atomic mass is 10.1. The molecule has 4 rings (SSSR count). The molecule has 0 N–H and O–H groups in total. The Kier molecular flexibility index (Phi) is 4.26. The average molecular weight is 338 g/mol. The van der Waals surface area contributed by atoms with E-state index in [-0.39, 0.29) is 11.8 Å². The van der Waals surface area contributed by atoms with Crippen LogP contribution in [-0.2, 0) is 4.79 Å². The molecule has 1 aromatic heterocycles. The molecule has 2 aliphatic rings. The van der Waals surface area contributed by atoms with Crippen molar-refractivity contribution in [2.75, 3.05) is 38.2 Å².